The number of aryl methyl sites for hydroxylation is 2. The second kappa shape index (κ2) is 10.4. The molecule has 0 radical (unpaired) electrons. The molecule has 0 aliphatic rings. The van der Waals surface area contributed by atoms with Gasteiger partial charge in [0.2, 0.25) is 10.0 Å². The summed E-state index contributed by atoms with van der Waals surface area (Å²) in [6, 6.07) is 13.2. The van der Waals surface area contributed by atoms with E-state index < -0.39 is 34.5 Å². The minimum absolute atomic E-state index is 0.0178. The number of aromatic nitrogens is 1. The van der Waals surface area contributed by atoms with Crippen LogP contribution in [0.3, 0.4) is 0 Å². The lowest BCUT2D eigenvalue weighted by Gasteiger charge is -2.14. The molecule has 10 heteroatoms. The summed E-state index contributed by atoms with van der Waals surface area (Å²) in [6.45, 7) is 3.29. The number of esters is 1. The Labute approximate surface area is 192 Å². The minimum atomic E-state index is -3.78. The molecule has 1 amide bonds. The van der Waals surface area contributed by atoms with E-state index in [0.717, 1.165) is 11.1 Å². The molecule has 3 N–H and O–H groups in total. The first-order valence-corrected chi connectivity index (χ1v) is 11.8. The normalized spacial score (nSPS) is 12.2. The molecular weight excluding hydrogens is 446 g/mol. The summed E-state index contributed by atoms with van der Waals surface area (Å²) >= 11 is 0. The monoisotopic (exact) mass is 471 g/mol. The maximum Gasteiger partial charge on any atom is 0.306 e. The second-order valence-electron chi connectivity index (χ2n) is 7.55. The lowest BCUT2D eigenvalue weighted by Crippen LogP contribution is -2.31. The number of hydrogen-bond donors (Lipinski definition) is 2. The molecule has 0 saturated carbocycles. The van der Waals surface area contributed by atoms with Crippen molar-refractivity contribution in [2.45, 2.75) is 37.6 Å². The minimum Gasteiger partial charge on any atom is -0.456 e. The summed E-state index contributed by atoms with van der Waals surface area (Å²) in [7, 11) is -3.78. The summed E-state index contributed by atoms with van der Waals surface area (Å²) in [5, 5.41) is 7.75. The number of primary sulfonamides is 1. The Morgan fingerprint density at radius 1 is 1.12 bits per heavy atom. The topological polar surface area (TPSA) is 142 Å². The van der Waals surface area contributed by atoms with Crippen LogP contribution in [-0.4, -0.2) is 31.9 Å². The first kappa shape index (κ1) is 24.1. The summed E-state index contributed by atoms with van der Waals surface area (Å²) in [6.07, 6.45) is 1.88. The third-order valence-corrected chi connectivity index (χ3v) is 5.81. The predicted octanol–water partition coefficient (Wildman–Crippen LogP) is 2.65. The van der Waals surface area contributed by atoms with Crippen LogP contribution in [0.2, 0.25) is 0 Å². The third kappa shape index (κ3) is 6.99. The number of nitrogens with two attached hydrogens (primary N) is 1. The first-order valence-electron chi connectivity index (χ1n) is 10.2. The predicted molar refractivity (Wildman–Crippen MR) is 120 cm³/mol. The molecule has 0 spiro atoms. The number of ether oxygens (including phenoxy) is 1. The van der Waals surface area contributed by atoms with Gasteiger partial charge in [-0.15, -0.1) is 0 Å². The standard InChI is InChI=1S/C23H25N3O6S/c1-15-3-5-18(6-4-15)20-13-25-22(32-20)11-12-23(28)31-14-21(27)26-16(2)17-7-9-19(10-8-17)33(24,29)30/h3-10,13,16H,11-12,14H2,1-2H3,(H,26,27)(H2,24,29,30). The van der Waals surface area contributed by atoms with Crippen LogP contribution in [0.5, 0.6) is 0 Å². The van der Waals surface area contributed by atoms with Crippen molar-refractivity contribution in [2.75, 3.05) is 6.61 Å². The summed E-state index contributed by atoms with van der Waals surface area (Å²) in [5.74, 6) is -0.0121. The SMILES string of the molecule is Cc1ccc(-c2cnc(CCC(=O)OCC(=O)NC(C)c3ccc(S(N)(=O)=O)cc3)o2)cc1. The Balaban J connectivity index is 1.42. The second-order valence-corrected chi connectivity index (χ2v) is 9.11. The molecule has 33 heavy (non-hydrogen) atoms. The summed E-state index contributed by atoms with van der Waals surface area (Å²) < 4.78 is 33.3. The average molecular weight is 472 g/mol. The van der Waals surface area contributed by atoms with Gasteiger partial charge >= 0.3 is 5.97 Å². The fraction of sp³-hybridized carbons (Fsp3) is 0.261. The van der Waals surface area contributed by atoms with E-state index in [2.05, 4.69) is 10.3 Å². The van der Waals surface area contributed by atoms with E-state index in [-0.39, 0.29) is 17.7 Å². The first-order chi connectivity index (χ1) is 15.6. The molecule has 3 aromatic rings. The fourth-order valence-corrected chi connectivity index (χ4v) is 3.53. The quantitative estimate of drug-likeness (QED) is 0.457. The average Bonchev–Trinajstić information content (AvgIpc) is 3.25. The lowest BCUT2D eigenvalue weighted by molar-refractivity contribution is -0.148. The Morgan fingerprint density at radius 2 is 1.79 bits per heavy atom. The largest absolute Gasteiger partial charge is 0.456 e. The maximum absolute atomic E-state index is 12.1. The number of sulfonamides is 1. The molecule has 1 atom stereocenters. The van der Waals surface area contributed by atoms with Crippen LogP contribution in [0, 0.1) is 6.92 Å². The van der Waals surface area contributed by atoms with Gasteiger partial charge in [0.05, 0.1) is 23.6 Å². The van der Waals surface area contributed by atoms with E-state index in [1.165, 1.54) is 12.1 Å². The van der Waals surface area contributed by atoms with E-state index >= 15 is 0 Å². The van der Waals surface area contributed by atoms with E-state index in [1.807, 2.05) is 31.2 Å². The molecule has 2 aromatic carbocycles. The smallest absolute Gasteiger partial charge is 0.306 e. The molecule has 0 fully saturated rings. The molecular formula is C23H25N3O6S. The lowest BCUT2D eigenvalue weighted by atomic mass is 10.1. The molecule has 1 aromatic heterocycles. The van der Waals surface area contributed by atoms with Crippen molar-refractivity contribution in [3.63, 3.8) is 0 Å². The number of oxazole rings is 1. The third-order valence-electron chi connectivity index (χ3n) is 4.88. The maximum atomic E-state index is 12.1. The number of carbonyl (C=O) groups is 2. The fourth-order valence-electron chi connectivity index (χ4n) is 3.02. The van der Waals surface area contributed by atoms with Crippen LogP contribution >= 0.6 is 0 Å². The molecule has 1 unspecified atom stereocenters. The van der Waals surface area contributed by atoms with Gasteiger partial charge in [-0.1, -0.05) is 42.0 Å². The summed E-state index contributed by atoms with van der Waals surface area (Å²) in [5.41, 5.74) is 2.71. The Kier molecular flexibility index (Phi) is 7.62. The van der Waals surface area contributed by atoms with Crippen molar-refractivity contribution in [1.29, 1.82) is 0 Å². The Morgan fingerprint density at radius 3 is 2.42 bits per heavy atom. The highest BCUT2D eigenvalue weighted by molar-refractivity contribution is 7.89. The van der Waals surface area contributed by atoms with Gasteiger partial charge in [-0.05, 0) is 31.5 Å². The highest BCUT2D eigenvalue weighted by Gasteiger charge is 2.15. The van der Waals surface area contributed by atoms with Crippen molar-refractivity contribution in [2.24, 2.45) is 5.14 Å². The van der Waals surface area contributed by atoms with Crippen LogP contribution < -0.4 is 10.5 Å². The number of benzene rings is 2. The van der Waals surface area contributed by atoms with Gasteiger partial charge in [0.15, 0.2) is 18.3 Å². The Hall–Kier alpha value is -3.50. The van der Waals surface area contributed by atoms with E-state index in [0.29, 0.717) is 17.2 Å². The van der Waals surface area contributed by atoms with Gasteiger partial charge in [0.25, 0.3) is 5.91 Å². The molecule has 1 heterocycles. The number of carbonyl (C=O) groups excluding carboxylic acids is 2. The van der Waals surface area contributed by atoms with Gasteiger partial charge < -0.3 is 14.5 Å². The van der Waals surface area contributed by atoms with Crippen LogP contribution in [0.1, 0.15) is 36.4 Å². The van der Waals surface area contributed by atoms with Gasteiger partial charge in [-0.2, -0.15) is 0 Å². The van der Waals surface area contributed by atoms with Crippen molar-refractivity contribution >= 4 is 21.9 Å². The van der Waals surface area contributed by atoms with Crippen molar-refractivity contribution in [1.82, 2.24) is 10.3 Å². The molecule has 174 valence electrons. The zero-order chi connectivity index (χ0) is 24.0. The van der Waals surface area contributed by atoms with Gasteiger partial charge in [0.1, 0.15) is 0 Å². The highest BCUT2D eigenvalue weighted by atomic mass is 32.2. The number of nitrogens with one attached hydrogen (secondary N) is 1. The zero-order valence-corrected chi connectivity index (χ0v) is 19.1. The van der Waals surface area contributed by atoms with Gasteiger partial charge in [-0.25, -0.2) is 18.5 Å². The number of hydrogen-bond acceptors (Lipinski definition) is 7. The van der Waals surface area contributed by atoms with Crippen LogP contribution in [0.15, 0.2) is 64.0 Å². The van der Waals surface area contributed by atoms with E-state index in [4.69, 9.17) is 14.3 Å². The van der Waals surface area contributed by atoms with Crippen LogP contribution in [0.25, 0.3) is 11.3 Å². The number of amides is 1. The van der Waals surface area contributed by atoms with Crippen LogP contribution in [-0.2, 0) is 30.8 Å². The molecule has 0 bridgehead atoms. The van der Waals surface area contributed by atoms with Crippen molar-refractivity contribution < 1.29 is 27.2 Å². The number of nitrogens with zero attached hydrogens (tertiary/aromatic N) is 1. The van der Waals surface area contributed by atoms with E-state index in [1.54, 1.807) is 25.3 Å². The van der Waals surface area contributed by atoms with E-state index in [9.17, 15) is 18.0 Å². The zero-order valence-electron chi connectivity index (χ0n) is 18.3. The van der Waals surface area contributed by atoms with Crippen molar-refractivity contribution in [3.05, 3.63) is 71.7 Å². The van der Waals surface area contributed by atoms with Crippen LogP contribution in [0.4, 0.5) is 0 Å². The molecule has 0 aliphatic carbocycles. The summed E-state index contributed by atoms with van der Waals surface area (Å²) in [4.78, 5) is 28.2. The molecule has 0 saturated heterocycles. The number of rotatable bonds is 9. The molecule has 0 aliphatic heterocycles. The van der Waals surface area contributed by atoms with Gasteiger partial charge in [-0.3, -0.25) is 9.59 Å². The molecule has 3 rings (SSSR count). The van der Waals surface area contributed by atoms with Crippen molar-refractivity contribution in [3.8, 4) is 11.3 Å². The Bertz CT molecular complexity index is 1220. The highest BCUT2D eigenvalue weighted by Crippen LogP contribution is 2.21. The van der Waals surface area contributed by atoms with Gasteiger partial charge in [0, 0.05) is 12.0 Å². The molecule has 9 nitrogen and oxygen atoms in total.